The summed E-state index contributed by atoms with van der Waals surface area (Å²) in [5.74, 6) is 1.78. The highest BCUT2D eigenvalue weighted by molar-refractivity contribution is 14.0. The molecule has 3 rings (SSSR count). The van der Waals surface area contributed by atoms with Crippen molar-refractivity contribution in [1.82, 2.24) is 20.4 Å². The van der Waals surface area contributed by atoms with Crippen LogP contribution in [0, 0.1) is 6.92 Å². The van der Waals surface area contributed by atoms with Gasteiger partial charge in [0.2, 0.25) is 0 Å². The SMILES string of the molecule is CCCNC(=NCc1ccccc1-n1ccc(C)n1)NCCc1ccco1.I. The van der Waals surface area contributed by atoms with Crippen LogP contribution in [0.25, 0.3) is 5.69 Å². The molecule has 0 aliphatic rings. The molecule has 3 aromatic rings. The number of nitrogens with zero attached hydrogens (tertiary/aromatic N) is 3. The Hall–Kier alpha value is -2.29. The fraction of sp³-hybridized carbons (Fsp3) is 0.333. The van der Waals surface area contributed by atoms with Gasteiger partial charge in [0.1, 0.15) is 5.76 Å². The van der Waals surface area contributed by atoms with E-state index in [-0.39, 0.29) is 24.0 Å². The Morgan fingerprint density at radius 1 is 1.11 bits per heavy atom. The Balaban J connectivity index is 0.00000280. The van der Waals surface area contributed by atoms with Crippen molar-refractivity contribution in [1.29, 1.82) is 0 Å². The van der Waals surface area contributed by atoms with Crippen LogP contribution in [0.15, 0.2) is 64.3 Å². The summed E-state index contributed by atoms with van der Waals surface area (Å²) in [6.45, 7) is 6.36. The zero-order valence-corrected chi connectivity index (χ0v) is 18.7. The largest absolute Gasteiger partial charge is 0.469 e. The van der Waals surface area contributed by atoms with Gasteiger partial charge in [-0.05, 0) is 43.2 Å². The number of halogens is 1. The highest BCUT2D eigenvalue weighted by Gasteiger charge is 2.06. The van der Waals surface area contributed by atoms with E-state index in [1.54, 1.807) is 6.26 Å². The van der Waals surface area contributed by atoms with Gasteiger partial charge in [-0.3, -0.25) is 0 Å². The quantitative estimate of drug-likeness (QED) is 0.282. The van der Waals surface area contributed by atoms with Crippen molar-refractivity contribution in [2.75, 3.05) is 13.1 Å². The molecule has 0 saturated heterocycles. The van der Waals surface area contributed by atoms with E-state index in [2.05, 4.69) is 34.8 Å². The summed E-state index contributed by atoms with van der Waals surface area (Å²) in [6.07, 6.45) is 5.55. The Labute approximate surface area is 183 Å². The second-order valence-corrected chi connectivity index (χ2v) is 6.38. The van der Waals surface area contributed by atoms with E-state index in [0.717, 1.165) is 54.6 Å². The van der Waals surface area contributed by atoms with Crippen LogP contribution in [0.2, 0.25) is 0 Å². The summed E-state index contributed by atoms with van der Waals surface area (Å²) in [4.78, 5) is 4.77. The average Bonchev–Trinajstić information content (AvgIpc) is 3.35. The van der Waals surface area contributed by atoms with Crippen molar-refractivity contribution >= 4 is 29.9 Å². The predicted octanol–water partition coefficient (Wildman–Crippen LogP) is 4.08. The van der Waals surface area contributed by atoms with Crippen LogP contribution >= 0.6 is 24.0 Å². The van der Waals surface area contributed by atoms with Crippen LogP contribution < -0.4 is 10.6 Å². The number of hydrogen-bond donors (Lipinski definition) is 2. The maximum absolute atomic E-state index is 5.38. The molecular formula is C21H28IN5O. The van der Waals surface area contributed by atoms with Crippen molar-refractivity contribution in [3.8, 4) is 5.69 Å². The van der Waals surface area contributed by atoms with Crippen LogP contribution in [-0.4, -0.2) is 28.8 Å². The third-order valence-electron chi connectivity index (χ3n) is 4.15. The lowest BCUT2D eigenvalue weighted by molar-refractivity contribution is 0.506. The molecule has 0 atom stereocenters. The topological polar surface area (TPSA) is 67.4 Å². The molecule has 0 aliphatic heterocycles. The summed E-state index contributed by atoms with van der Waals surface area (Å²) in [6, 6.07) is 14.1. The van der Waals surface area contributed by atoms with Gasteiger partial charge in [0.15, 0.2) is 5.96 Å². The number of nitrogens with one attached hydrogen (secondary N) is 2. The number of benzene rings is 1. The smallest absolute Gasteiger partial charge is 0.191 e. The molecule has 150 valence electrons. The summed E-state index contributed by atoms with van der Waals surface area (Å²) in [5.41, 5.74) is 3.18. The van der Waals surface area contributed by atoms with E-state index in [4.69, 9.17) is 9.41 Å². The molecule has 0 fully saturated rings. The Bertz CT molecular complexity index is 857. The minimum absolute atomic E-state index is 0. The molecule has 1 aromatic carbocycles. The van der Waals surface area contributed by atoms with E-state index in [9.17, 15) is 0 Å². The molecule has 0 amide bonds. The van der Waals surface area contributed by atoms with Gasteiger partial charge < -0.3 is 15.1 Å². The van der Waals surface area contributed by atoms with Gasteiger partial charge in [-0.2, -0.15) is 5.10 Å². The number of guanidine groups is 1. The average molecular weight is 493 g/mol. The highest BCUT2D eigenvalue weighted by atomic mass is 127. The molecule has 0 unspecified atom stereocenters. The molecule has 0 spiro atoms. The molecule has 2 heterocycles. The standard InChI is InChI=1S/C21H27N5O.HI/c1-3-12-22-21(23-13-10-19-8-6-15-27-19)24-16-18-7-4-5-9-20(18)26-14-11-17(2)25-26;/h4-9,11,14-15H,3,10,12-13,16H2,1-2H3,(H2,22,23,24);1H. The summed E-state index contributed by atoms with van der Waals surface area (Å²) in [7, 11) is 0. The first-order valence-electron chi connectivity index (χ1n) is 9.41. The van der Waals surface area contributed by atoms with Crippen molar-refractivity contribution in [2.45, 2.75) is 33.2 Å². The normalized spacial score (nSPS) is 11.1. The van der Waals surface area contributed by atoms with Gasteiger partial charge in [0.25, 0.3) is 0 Å². The van der Waals surface area contributed by atoms with Gasteiger partial charge in [0.05, 0.1) is 24.2 Å². The first kappa shape index (κ1) is 22.0. The van der Waals surface area contributed by atoms with E-state index in [1.807, 2.05) is 48.1 Å². The summed E-state index contributed by atoms with van der Waals surface area (Å²) in [5, 5.41) is 11.3. The fourth-order valence-corrected chi connectivity index (χ4v) is 2.76. The van der Waals surface area contributed by atoms with Gasteiger partial charge in [-0.1, -0.05) is 25.1 Å². The molecule has 7 heteroatoms. The number of aromatic nitrogens is 2. The number of furan rings is 1. The zero-order chi connectivity index (χ0) is 18.9. The summed E-state index contributed by atoms with van der Waals surface area (Å²) < 4.78 is 7.29. The fourth-order valence-electron chi connectivity index (χ4n) is 2.76. The Kier molecular flexibility index (Phi) is 9.06. The van der Waals surface area contributed by atoms with Crippen LogP contribution in [-0.2, 0) is 13.0 Å². The second-order valence-electron chi connectivity index (χ2n) is 6.38. The maximum atomic E-state index is 5.38. The lowest BCUT2D eigenvalue weighted by Gasteiger charge is -2.13. The van der Waals surface area contributed by atoms with Gasteiger partial charge in [0, 0.05) is 25.7 Å². The number of hydrogen-bond acceptors (Lipinski definition) is 3. The van der Waals surface area contributed by atoms with Gasteiger partial charge >= 0.3 is 0 Å². The first-order valence-corrected chi connectivity index (χ1v) is 9.41. The summed E-state index contributed by atoms with van der Waals surface area (Å²) >= 11 is 0. The van der Waals surface area contributed by atoms with E-state index in [0.29, 0.717) is 6.54 Å². The molecule has 6 nitrogen and oxygen atoms in total. The molecule has 2 N–H and O–H groups in total. The van der Waals surface area contributed by atoms with Crippen LogP contribution in [0.3, 0.4) is 0 Å². The third-order valence-corrected chi connectivity index (χ3v) is 4.15. The minimum atomic E-state index is 0. The van der Waals surface area contributed by atoms with Crippen LogP contribution in [0.4, 0.5) is 0 Å². The van der Waals surface area contributed by atoms with Gasteiger partial charge in [-0.15, -0.1) is 24.0 Å². The lowest BCUT2D eigenvalue weighted by Crippen LogP contribution is -2.38. The highest BCUT2D eigenvalue weighted by Crippen LogP contribution is 2.15. The third kappa shape index (κ3) is 6.40. The predicted molar refractivity (Wildman–Crippen MR) is 124 cm³/mol. The molecule has 0 aliphatic carbocycles. The van der Waals surface area contributed by atoms with Crippen molar-refractivity contribution in [3.05, 3.63) is 71.9 Å². The van der Waals surface area contributed by atoms with Crippen molar-refractivity contribution < 1.29 is 4.42 Å². The maximum Gasteiger partial charge on any atom is 0.191 e. The lowest BCUT2D eigenvalue weighted by atomic mass is 10.2. The van der Waals surface area contributed by atoms with Gasteiger partial charge in [-0.25, -0.2) is 9.67 Å². The van der Waals surface area contributed by atoms with E-state index >= 15 is 0 Å². The molecule has 0 saturated carbocycles. The van der Waals surface area contributed by atoms with E-state index < -0.39 is 0 Å². The zero-order valence-electron chi connectivity index (χ0n) is 16.4. The first-order chi connectivity index (χ1) is 13.3. The monoisotopic (exact) mass is 493 g/mol. The van der Waals surface area contributed by atoms with Crippen molar-refractivity contribution in [3.63, 3.8) is 0 Å². The number of aryl methyl sites for hydroxylation is 1. The second kappa shape index (κ2) is 11.5. The molecule has 28 heavy (non-hydrogen) atoms. The Morgan fingerprint density at radius 3 is 2.64 bits per heavy atom. The van der Waals surface area contributed by atoms with Crippen LogP contribution in [0.5, 0.6) is 0 Å². The minimum Gasteiger partial charge on any atom is -0.469 e. The number of aliphatic imine (C=N–C) groups is 1. The molecule has 0 radical (unpaired) electrons. The molecule has 2 aromatic heterocycles. The Morgan fingerprint density at radius 2 is 1.93 bits per heavy atom. The molecular weight excluding hydrogens is 465 g/mol. The van der Waals surface area contributed by atoms with E-state index in [1.165, 1.54) is 0 Å². The number of para-hydroxylation sites is 1. The number of rotatable bonds is 8. The van der Waals surface area contributed by atoms with Crippen molar-refractivity contribution in [2.24, 2.45) is 4.99 Å². The van der Waals surface area contributed by atoms with Crippen LogP contribution in [0.1, 0.15) is 30.4 Å². The molecule has 0 bridgehead atoms.